The summed E-state index contributed by atoms with van der Waals surface area (Å²) >= 11 is 11.5. The van der Waals surface area contributed by atoms with E-state index in [-0.39, 0.29) is 18.4 Å². The van der Waals surface area contributed by atoms with E-state index in [0.29, 0.717) is 5.02 Å². The van der Waals surface area contributed by atoms with Crippen LogP contribution in [0.1, 0.15) is 16.5 Å². The second kappa shape index (κ2) is 6.46. The van der Waals surface area contributed by atoms with Crippen LogP contribution in [0.25, 0.3) is 10.1 Å². The summed E-state index contributed by atoms with van der Waals surface area (Å²) in [7, 11) is 0. The minimum absolute atomic E-state index is 0. The van der Waals surface area contributed by atoms with E-state index < -0.39 is 0 Å². The number of fused-ring (bicyclic) bond motifs is 1. The molecule has 0 radical (unpaired) electrons. The minimum Gasteiger partial charge on any atom is -0.320 e. The average molecular weight is 389 g/mol. The van der Waals surface area contributed by atoms with Crippen molar-refractivity contribution in [2.24, 2.45) is 5.73 Å². The maximum Gasteiger partial charge on any atom is 0.0661 e. The number of rotatable bonds is 2. The van der Waals surface area contributed by atoms with Crippen molar-refractivity contribution in [1.82, 2.24) is 0 Å². The van der Waals surface area contributed by atoms with Crippen LogP contribution in [-0.4, -0.2) is 0 Å². The van der Waals surface area contributed by atoms with Gasteiger partial charge >= 0.3 is 0 Å². The third-order valence-electron chi connectivity index (χ3n) is 3.06. The molecule has 20 heavy (non-hydrogen) atoms. The van der Waals surface area contributed by atoms with E-state index in [0.717, 1.165) is 14.9 Å². The van der Waals surface area contributed by atoms with Gasteiger partial charge < -0.3 is 5.73 Å². The summed E-state index contributed by atoms with van der Waals surface area (Å²) < 4.78 is 2.33. The van der Waals surface area contributed by atoms with E-state index in [1.807, 2.05) is 36.4 Å². The van der Waals surface area contributed by atoms with E-state index >= 15 is 0 Å². The van der Waals surface area contributed by atoms with Crippen LogP contribution < -0.4 is 5.73 Å². The van der Waals surface area contributed by atoms with Crippen LogP contribution >= 0.6 is 51.3 Å². The number of nitrogens with two attached hydrogens (primary N) is 1. The zero-order chi connectivity index (χ0) is 13.4. The molecular weight excluding hydrogens is 377 g/mol. The Kier molecular flexibility index (Phi) is 5.10. The summed E-state index contributed by atoms with van der Waals surface area (Å²) in [6.07, 6.45) is 0. The van der Waals surface area contributed by atoms with Crippen LogP contribution in [-0.2, 0) is 0 Å². The fraction of sp³-hybridized carbons (Fsp3) is 0.0667. The Hall–Kier alpha value is -0.580. The molecule has 3 rings (SSSR count). The van der Waals surface area contributed by atoms with Gasteiger partial charge in [0, 0.05) is 19.1 Å². The SMILES string of the molecule is Cl.NC(c1cc2cccc(Br)c2s1)c1ccccc1Cl. The summed E-state index contributed by atoms with van der Waals surface area (Å²) in [5, 5.41) is 1.92. The molecule has 0 bridgehead atoms. The third-order valence-corrected chi connectivity index (χ3v) is 5.60. The number of halogens is 3. The fourth-order valence-corrected chi connectivity index (χ4v) is 4.04. The Labute approximate surface area is 141 Å². The first-order chi connectivity index (χ1) is 9.16. The van der Waals surface area contributed by atoms with Crippen LogP contribution in [0.4, 0.5) is 0 Å². The molecule has 1 aromatic heterocycles. The molecule has 0 spiro atoms. The van der Waals surface area contributed by atoms with Crippen LogP contribution in [0, 0.1) is 0 Å². The van der Waals surface area contributed by atoms with Gasteiger partial charge in [-0.25, -0.2) is 0 Å². The van der Waals surface area contributed by atoms with Crippen molar-refractivity contribution in [2.45, 2.75) is 6.04 Å². The quantitative estimate of drug-likeness (QED) is 0.590. The predicted octanol–water partition coefficient (Wildman–Crippen LogP) is 5.79. The number of hydrogen-bond donors (Lipinski definition) is 1. The van der Waals surface area contributed by atoms with Gasteiger partial charge in [-0.15, -0.1) is 23.7 Å². The molecule has 0 saturated heterocycles. The van der Waals surface area contributed by atoms with Crippen LogP contribution in [0.2, 0.25) is 5.02 Å². The fourth-order valence-electron chi connectivity index (χ4n) is 2.08. The molecule has 3 aromatic rings. The predicted molar refractivity (Wildman–Crippen MR) is 94.3 cm³/mol. The topological polar surface area (TPSA) is 26.0 Å². The molecular formula is C15H12BrCl2NS. The van der Waals surface area contributed by atoms with Crippen molar-refractivity contribution < 1.29 is 0 Å². The molecule has 0 aliphatic carbocycles. The Morgan fingerprint density at radius 1 is 1.10 bits per heavy atom. The number of benzene rings is 2. The van der Waals surface area contributed by atoms with E-state index in [1.54, 1.807) is 11.3 Å². The van der Waals surface area contributed by atoms with Crippen molar-refractivity contribution in [3.63, 3.8) is 0 Å². The Morgan fingerprint density at radius 3 is 2.55 bits per heavy atom. The van der Waals surface area contributed by atoms with Crippen molar-refractivity contribution >= 4 is 61.4 Å². The van der Waals surface area contributed by atoms with Gasteiger partial charge in [0.1, 0.15) is 0 Å². The molecule has 1 heterocycles. The first-order valence-corrected chi connectivity index (χ1v) is 7.83. The van der Waals surface area contributed by atoms with Crippen molar-refractivity contribution in [2.75, 3.05) is 0 Å². The zero-order valence-corrected chi connectivity index (χ0v) is 14.3. The lowest BCUT2D eigenvalue weighted by atomic mass is 10.1. The molecule has 1 unspecified atom stereocenters. The highest BCUT2D eigenvalue weighted by atomic mass is 79.9. The second-order valence-electron chi connectivity index (χ2n) is 4.31. The van der Waals surface area contributed by atoms with Gasteiger partial charge in [0.25, 0.3) is 0 Å². The van der Waals surface area contributed by atoms with Gasteiger partial charge in [0.2, 0.25) is 0 Å². The van der Waals surface area contributed by atoms with Gasteiger partial charge in [-0.3, -0.25) is 0 Å². The van der Waals surface area contributed by atoms with E-state index in [4.69, 9.17) is 17.3 Å². The number of hydrogen-bond acceptors (Lipinski definition) is 2. The molecule has 0 amide bonds. The lowest BCUT2D eigenvalue weighted by molar-refractivity contribution is 0.894. The smallest absolute Gasteiger partial charge is 0.0661 e. The largest absolute Gasteiger partial charge is 0.320 e. The zero-order valence-electron chi connectivity index (χ0n) is 10.3. The molecule has 104 valence electrons. The Bertz CT molecular complexity index is 742. The second-order valence-corrected chi connectivity index (χ2v) is 6.65. The summed E-state index contributed by atoms with van der Waals surface area (Å²) in [4.78, 5) is 1.12. The van der Waals surface area contributed by atoms with Crippen LogP contribution in [0.3, 0.4) is 0 Å². The first-order valence-electron chi connectivity index (χ1n) is 5.85. The molecule has 0 aliphatic rings. The maximum atomic E-state index is 6.34. The summed E-state index contributed by atoms with van der Waals surface area (Å²) in [5.74, 6) is 0. The minimum atomic E-state index is -0.182. The normalized spacial score (nSPS) is 12.2. The summed E-state index contributed by atoms with van der Waals surface area (Å²) in [6.45, 7) is 0. The van der Waals surface area contributed by atoms with E-state index in [2.05, 4.69) is 28.1 Å². The number of thiophene rings is 1. The van der Waals surface area contributed by atoms with Crippen molar-refractivity contribution in [1.29, 1.82) is 0 Å². The molecule has 5 heteroatoms. The summed E-state index contributed by atoms with van der Waals surface area (Å²) in [6, 6.07) is 15.9. The average Bonchev–Trinajstić information content (AvgIpc) is 2.84. The van der Waals surface area contributed by atoms with Gasteiger partial charge in [-0.05, 0) is 45.1 Å². The highest BCUT2D eigenvalue weighted by Gasteiger charge is 2.15. The van der Waals surface area contributed by atoms with Gasteiger partial charge in [0.05, 0.1) is 6.04 Å². The monoisotopic (exact) mass is 387 g/mol. The van der Waals surface area contributed by atoms with Crippen molar-refractivity contribution in [3.05, 3.63) is 68.5 Å². The maximum absolute atomic E-state index is 6.34. The highest BCUT2D eigenvalue weighted by Crippen LogP contribution is 2.37. The Morgan fingerprint density at radius 2 is 1.85 bits per heavy atom. The lowest BCUT2D eigenvalue weighted by Crippen LogP contribution is -2.10. The van der Waals surface area contributed by atoms with Gasteiger partial charge in [0.15, 0.2) is 0 Å². The highest BCUT2D eigenvalue weighted by molar-refractivity contribution is 9.10. The standard InChI is InChI=1S/C15H11BrClNS.ClH/c16-11-6-3-4-9-8-13(19-15(9)11)14(18)10-5-1-2-7-12(10)17;/h1-8,14H,18H2;1H. The van der Waals surface area contributed by atoms with Crippen LogP contribution in [0.15, 0.2) is 53.0 Å². The van der Waals surface area contributed by atoms with Gasteiger partial charge in [-0.2, -0.15) is 0 Å². The third kappa shape index (κ3) is 2.87. The molecule has 2 N–H and O–H groups in total. The lowest BCUT2D eigenvalue weighted by Gasteiger charge is -2.11. The molecule has 0 fully saturated rings. The molecule has 0 aliphatic heterocycles. The molecule has 0 saturated carbocycles. The van der Waals surface area contributed by atoms with Gasteiger partial charge in [-0.1, -0.05) is 41.9 Å². The molecule has 1 atom stereocenters. The van der Waals surface area contributed by atoms with Crippen LogP contribution in [0.5, 0.6) is 0 Å². The first kappa shape index (κ1) is 15.8. The van der Waals surface area contributed by atoms with E-state index in [1.165, 1.54) is 10.1 Å². The Balaban J connectivity index is 0.00000147. The van der Waals surface area contributed by atoms with Crippen molar-refractivity contribution in [3.8, 4) is 0 Å². The van der Waals surface area contributed by atoms with E-state index in [9.17, 15) is 0 Å². The molecule has 2 aromatic carbocycles. The molecule has 1 nitrogen and oxygen atoms in total. The summed E-state index contributed by atoms with van der Waals surface area (Å²) in [5.41, 5.74) is 7.31.